The fraction of sp³-hybridized carbons (Fsp3) is 0.609. The van der Waals surface area contributed by atoms with Gasteiger partial charge in [0.1, 0.15) is 0 Å². The molecule has 0 aromatic rings. The summed E-state index contributed by atoms with van der Waals surface area (Å²) in [6, 6.07) is 2.26. The summed E-state index contributed by atoms with van der Waals surface area (Å²) in [6.07, 6.45) is 8.46. The predicted octanol–water partition coefficient (Wildman–Crippen LogP) is 5.50. The Balaban J connectivity index is -0.000000355. The van der Waals surface area contributed by atoms with Crippen LogP contribution in [0.2, 0.25) is 0 Å². The van der Waals surface area contributed by atoms with E-state index in [1.165, 1.54) is 0 Å². The van der Waals surface area contributed by atoms with Gasteiger partial charge in [-0.1, -0.05) is 0 Å². The molecular weight excluding hydrogens is 391 g/mol. The molecule has 0 saturated heterocycles. The maximum Gasteiger partial charge on any atom is 3.00 e. The van der Waals surface area contributed by atoms with Crippen molar-refractivity contribution in [2.75, 3.05) is 0 Å². The van der Waals surface area contributed by atoms with E-state index in [2.05, 4.69) is 125 Å². The Morgan fingerprint density at radius 1 is 0.536 bits per heavy atom. The minimum absolute atomic E-state index is 0. The molecule has 0 fully saturated rings. The van der Waals surface area contributed by atoms with Crippen LogP contribution in [-0.4, -0.2) is 43.8 Å². The van der Waals surface area contributed by atoms with E-state index in [0.29, 0.717) is 24.2 Å². The van der Waals surface area contributed by atoms with Crippen LogP contribution in [0.25, 0.3) is 0 Å². The van der Waals surface area contributed by atoms with Crippen molar-refractivity contribution in [3.05, 3.63) is 45.6 Å². The molecule has 0 unspecified atom stereocenters. The maximum atomic E-state index is 2.68. The van der Waals surface area contributed by atoms with Crippen molar-refractivity contribution >= 4 is 0 Å². The first-order chi connectivity index (χ1) is 12.1. The van der Waals surface area contributed by atoms with Gasteiger partial charge in [-0.15, -0.1) is 11.8 Å². The Bertz CT molecular complexity index is 413. The van der Waals surface area contributed by atoms with Crippen LogP contribution in [0.15, 0.2) is 24.8 Å². The van der Waals surface area contributed by atoms with Gasteiger partial charge in [-0.3, -0.25) is 0 Å². The smallest absolute Gasteiger partial charge is 0.506 e. The Morgan fingerprint density at radius 3 is 0.786 bits per heavy atom. The molecule has 0 aliphatic carbocycles. The van der Waals surface area contributed by atoms with Gasteiger partial charge in [0.2, 0.25) is 0 Å². The molecule has 0 bridgehead atoms. The average molecular weight is 434 g/mol. The molecular formula is C23H43N4Ni. The largest absolute Gasteiger partial charge is 3.00 e. The number of nitrogens with zero attached hydrogens (tertiary/aromatic N) is 4. The van der Waals surface area contributed by atoms with Gasteiger partial charge in [-0.25, -0.2) is 0 Å². The summed E-state index contributed by atoms with van der Waals surface area (Å²) in [7, 11) is 0. The fourth-order valence-corrected chi connectivity index (χ4v) is 1.99. The topological polar surface area (TPSA) is 13.0 Å². The van der Waals surface area contributed by atoms with Crippen LogP contribution in [0.5, 0.6) is 0 Å². The van der Waals surface area contributed by atoms with Crippen molar-refractivity contribution < 1.29 is 16.5 Å². The molecule has 0 N–H and O–H groups in total. The summed E-state index contributed by atoms with van der Waals surface area (Å²) in [6.45, 7) is 25.4. The van der Waals surface area contributed by atoms with Crippen molar-refractivity contribution in [1.82, 2.24) is 19.6 Å². The molecule has 165 valence electrons. The molecule has 0 spiro atoms. The van der Waals surface area contributed by atoms with Crippen LogP contribution < -0.4 is 0 Å². The Hall–Kier alpha value is -1.27. The van der Waals surface area contributed by atoms with Gasteiger partial charge in [0, 0.05) is 0 Å². The molecule has 4 nitrogen and oxygen atoms in total. The van der Waals surface area contributed by atoms with Crippen LogP contribution >= 0.6 is 0 Å². The first kappa shape index (κ1) is 31.4. The van der Waals surface area contributed by atoms with Crippen LogP contribution in [0.3, 0.4) is 0 Å². The molecule has 0 amide bonds. The van der Waals surface area contributed by atoms with Crippen LogP contribution in [-0.2, 0) is 16.5 Å². The predicted molar refractivity (Wildman–Crippen MR) is 120 cm³/mol. The summed E-state index contributed by atoms with van der Waals surface area (Å²) in [5.41, 5.74) is 0. The molecule has 2 aliphatic heterocycles. The molecule has 0 aromatic heterocycles. The van der Waals surface area contributed by atoms with Crippen LogP contribution in [0, 0.1) is 32.6 Å². The molecule has 2 rings (SSSR count). The van der Waals surface area contributed by atoms with Crippen molar-refractivity contribution in [3.8, 4) is 11.8 Å². The summed E-state index contributed by atoms with van der Waals surface area (Å²) < 4.78 is 0. The van der Waals surface area contributed by atoms with Crippen LogP contribution in [0.1, 0.15) is 69.2 Å². The van der Waals surface area contributed by atoms with Crippen LogP contribution in [0.4, 0.5) is 0 Å². The second-order valence-electron chi connectivity index (χ2n) is 7.49. The summed E-state index contributed by atoms with van der Waals surface area (Å²) in [4.78, 5) is 8.83. The van der Waals surface area contributed by atoms with E-state index in [1.807, 2.05) is 13.8 Å². The summed E-state index contributed by atoms with van der Waals surface area (Å²) in [5.74, 6) is 5.36. The quantitative estimate of drug-likeness (QED) is 0.329. The molecule has 5 heteroatoms. The molecule has 0 aromatic carbocycles. The van der Waals surface area contributed by atoms with Gasteiger partial charge < -0.3 is 27.0 Å². The third kappa shape index (κ3) is 12.2. The average Bonchev–Trinajstić information content (AvgIpc) is 3.25. The molecule has 28 heavy (non-hydrogen) atoms. The van der Waals surface area contributed by atoms with Crippen molar-refractivity contribution in [3.63, 3.8) is 0 Å². The van der Waals surface area contributed by atoms with Crippen molar-refractivity contribution in [1.29, 1.82) is 0 Å². The minimum Gasteiger partial charge on any atom is -0.506 e. The van der Waals surface area contributed by atoms with Gasteiger partial charge in [0.15, 0.2) is 0 Å². The van der Waals surface area contributed by atoms with Gasteiger partial charge in [-0.2, -0.15) is 13.3 Å². The Morgan fingerprint density at radius 2 is 0.714 bits per heavy atom. The maximum absolute atomic E-state index is 2.68. The number of rotatable bonds is 4. The van der Waals surface area contributed by atoms with E-state index >= 15 is 0 Å². The number of hydrogen-bond donors (Lipinski definition) is 0. The van der Waals surface area contributed by atoms with Gasteiger partial charge in [0.05, 0.1) is 0 Å². The van der Waals surface area contributed by atoms with Gasteiger partial charge in [-0.05, 0) is 118 Å². The second-order valence-corrected chi connectivity index (χ2v) is 7.49. The zero-order valence-corrected chi connectivity index (χ0v) is 20.9. The van der Waals surface area contributed by atoms with E-state index in [4.69, 9.17) is 0 Å². The minimum atomic E-state index is 0. The Labute approximate surface area is 186 Å². The van der Waals surface area contributed by atoms with Crippen molar-refractivity contribution in [2.45, 2.75) is 93.4 Å². The van der Waals surface area contributed by atoms with E-state index in [-0.39, 0.29) is 23.9 Å². The summed E-state index contributed by atoms with van der Waals surface area (Å²) >= 11 is 0. The zero-order chi connectivity index (χ0) is 20.3. The standard InChI is InChI=1S/2C9H17N2.C4H6.CH3.Ni/c2*1-8(2)10-5-6-11(7-10)9(3)4;1-3-4-2;;/h2*5-9H,1-4H3;1-2H3;1H3;/q2*-1;;-1;+3. The molecule has 2 aliphatic rings. The van der Waals surface area contributed by atoms with Crippen molar-refractivity contribution in [2.24, 2.45) is 0 Å². The van der Waals surface area contributed by atoms with E-state index in [9.17, 15) is 0 Å². The fourth-order valence-electron chi connectivity index (χ4n) is 1.99. The molecule has 0 saturated carbocycles. The Kier molecular flexibility index (Phi) is 18.7. The number of hydrogen-bond acceptors (Lipinski definition) is 4. The summed E-state index contributed by atoms with van der Waals surface area (Å²) in [5, 5.41) is 0. The SMILES string of the molecule is CC#CC.CC(C)N1C=CN(C(C)C)[CH-]1.CC(C)N1C=CN(C(C)C)[CH-]1.[CH3-].[Ni+3]. The van der Waals surface area contributed by atoms with Gasteiger partial charge >= 0.3 is 16.5 Å². The third-order valence-electron chi connectivity index (χ3n) is 3.99. The van der Waals surface area contributed by atoms with E-state index in [1.54, 1.807) is 0 Å². The van der Waals surface area contributed by atoms with E-state index in [0.717, 1.165) is 0 Å². The first-order valence-electron chi connectivity index (χ1n) is 9.63. The monoisotopic (exact) mass is 433 g/mol. The second kappa shape index (κ2) is 16.7. The van der Waals surface area contributed by atoms with Gasteiger partial charge in [0.25, 0.3) is 0 Å². The first-order valence-corrected chi connectivity index (χ1v) is 9.63. The zero-order valence-electron chi connectivity index (χ0n) is 19.9. The third-order valence-corrected chi connectivity index (χ3v) is 3.99. The normalized spacial score (nSPS) is 14.4. The molecule has 2 heterocycles. The molecule has 1 radical (unpaired) electrons. The van der Waals surface area contributed by atoms with E-state index < -0.39 is 0 Å². The molecule has 0 atom stereocenters.